The normalized spacial score (nSPS) is 16.7. The van der Waals surface area contributed by atoms with Crippen molar-refractivity contribution in [2.45, 2.75) is 32.5 Å². The van der Waals surface area contributed by atoms with Crippen molar-refractivity contribution in [3.63, 3.8) is 0 Å². The molecular weight excluding hydrogens is 434 g/mol. The topological polar surface area (TPSA) is 50.8 Å². The minimum Gasteiger partial charge on any atom is -0.406 e. The van der Waals surface area contributed by atoms with Crippen molar-refractivity contribution in [1.82, 2.24) is 4.90 Å². The van der Waals surface area contributed by atoms with Gasteiger partial charge in [-0.3, -0.25) is 4.99 Å². The molecule has 0 unspecified atom stereocenters. The maximum atomic E-state index is 12.1. The van der Waals surface area contributed by atoms with Crippen LogP contribution in [-0.4, -0.2) is 36.9 Å². The highest BCUT2D eigenvalue weighted by Gasteiger charge is 2.30. The second-order valence-corrected chi connectivity index (χ2v) is 5.85. The number of nitrogens with zero attached hydrogens (tertiary/aromatic N) is 2. The van der Waals surface area contributed by atoms with E-state index in [2.05, 4.69) is 21.6 Å². The lowest BCUT2D eigenvalue weighted by atomic mass is 10.00. The predicted octanol–water partition coefficient (Wildman–Crippen LogP) is 3.79. The molecule has 0 saturated carbocycles. The Morgan fingerprint density at radius 3 is 2.38 bits per heavy atom. The van der Waals surface area contributed by atoms with Gasteiger partial charge in [-0.1, -0.05) is 19.1 Å². The minimum atomic E-state index is -4.66. The lowest BCUT2D eigenvalue weighted by Gasteiger charge is -2.31. The van der Waals surface area contributed by atoms with Gasteiger partial charge < -0.3 is 15.4 Å². The van der Waals surface area contributed by atoms with Crippen LogP contribution in [0, 0.1) is 5.92 Å². The molecule has 1 fully saturated rings. The van der Waals surface area contributed by atoms with Crippen LogP contribution >= 0.6 is 24.0 Å². The third-order valence-electron chi connectivity index (χ3n) is 3.94. The fourth-order valence-corrected chi connectivity index (χ4v) is 2.50. The Kier molecular flexibility index (Phi) is 8.11. The van der Waals surface area contributed by atoms with E-state index < -0.39 is 6.36 Å². The smallest absolute Gasteiger partial charge is 0.406 e. The number of likely N-dealkylation sites (tertiary alicyclic amines) is 1. The van der Waals surface area contributed by atoms with Crippen LogP contribution in [0.3, 0.4) is 0 Å². The van der Waals surface area contributed by atoms with E-state index in [-0.39, 0.29) is 29.7 Å². The summed E-state index contributed by atoms with van der Waals surface area (Å²) in [4.78, 5) is 6.44. The third-order valence-corrected chi connectivity index (χ3v) is 3.94. The number of aliphatic imine (C=N–C) groups is 1. The Morgan fingerprint density at radius 2 is 1.83 bits per heavy atom. The largest absolute Gasteiger partial charge is 0.573 e. The van der Waals surface area contributed by atoms with E-state index >= 15 is 0 Å². The summed E-state index contributed by atoms with van der Waals surface area (Å²) in [5, 5.41) is 0. The third kappa shape index (κ3) is 7.14. The van der Waals surface area contributed by atoms with Crippen molar-refractivity contribution in [2.75, 3.05) is 19.6 Å². The average molecular weight is 457 g/mol. The molecule has 1 aromatic rings. The van der Waals surface area contributed by atoms with Crippen LogP contribution in [0.4, 0.5) is 13.2 Å². The van der Waals surface area contributed by atoms with Crippen molar-refractivity contribution in [3.8, 4) is 5.75 Å². The number of benzene rings is 1. The van der Waals surface area contributed by atoms with Crippen LogP contribution in [0.2, 0.25) is 0 Å². The van der Waals surface area contributed by atoms with Gasteiger partial charge in [0, 0.05) is 19.6 Å². The fraction of sp³-hybridized carbons (Fsp3) is 0.562. The van der Waals surface area contributed by atoms with Gasteiger partial charge >= 0.3 is 6.36 Å². The number of halogens is 4. The molecule has 2 rings (SSSR count). The quantitative estimate of drug-likeness (QED) is 0.426. The minimum absolute atomic E-state index is 0. The molecular formula is C16H23F3IN3O. The van der Waals surface area contributed by atoms with Gasteiger partial charge in [0.2, 0.25) is 0 Å². The first-order chi connectivity index (χ1) is 10.8. The number of ether oxygens (including phenoxy) is 1. The standard InChI is InChI=1S/C16H22F3N3O.HI/c1-12-7-10-22(11-8-12)15(20)21-9-6-13-2-4-14(5-3-13)23-16(17,18)19;/h2-5,12H,6-11H2,1H3,(H2,20,21);1H. The molecule has 1 heterocycles. The van der Waals surface area contributed by atoms with Gasteiger partial charge in [-0.05, 0) is 42.9 Å². The number of guanidine groups is 1. The SMILES string of the molecule is CC1CCN(C(N)=NCCc2ccc(OC(F)(F)F)cc2)CC1.I. The summed E-state index contributed by atoms with van der Waals surface area (Å²) >= 11 is 0. The Hall–Kier alpha value is -1.19. The van der Waals surface area contributed by atoms with Gasteiger partial charge in [0.15, 0.2) is 5.96 Å². The van der Waals surface area contributed by atoms with Gasteiger partial charge in [0.05, 0.1) is 0 Å². The van der Waals surface area contributed by atoms with Crippen LogP contribution < -0.4 is 10.5 Å². The number of hydrogen-bond acceptors (Lipinski definition) is 2. The highest BCUT2D eigenvalue weighted by Crippen LogP contribution is 2.22. The molecule has 1 aliphatic heterocycles. The molecule has 1 aliphatic rings. The van der Waals surface area contributed by atoms with Crippen LogP contribution in [-0.2, 0) is 6.42 Å². The van der Waals surface area contributed by atoms with Crippen LogP contribution in [0.1, 0.15) is 25.3 Å². The summed E-state index contributed by atoms with van der Waals surface area (Å²) in [7, 11) is 0. The summed E-state index contributed by atoms with van der Waals surface area (Å²) in [6.45, 7) is 4.61. The molecule has 0 bridgehead atoms. The number of nitrogens with two attached hydrogens (primary N) is 1. The number of alkyl halides is 3. The maximum absolute atomic E-state index is 12.1. The Labute approximate surface area is 157 Å². The number of piperidine rings is 1. The monoisotopic (exact) mass is 457 g/mol. The summed E-state index contributed by atoms with van der Waals surface area (Å²) in [6.07, 6.45) is -1.79. The summed E-state index contributed by atoms with van der Waals surface area (Å²) < 4.78 is 40.1. The Bertz CT molecular complexity index is 526. The van der Waals surface area contributed by atoms with Gasteiger partial charge in [0.1, 0.15) is 5.75 Å². The van der Waals surface area contributed by atoms with Gasteiger partial charge in [-0.15, -0.1) is 37.1 Å². The second-order valence-electron chi connectivity index (χ2n) is 5.85. The maximum Gasteiger partial charge on any atom is 0.573 e. The summed E-state index contributed by atoms with van der Waals surface area (Å²) in [5.41, 5.74) is 6.87. The molecule has 0 aromatic heterocycles. The summed E-state index contributed by atoms with van der Waals surface area (Å²) in [5.74, 6) is 1.07. The zero-order valence-electron chi connectivity index (χ0n) is 13.6. The van der Waals surface area contributed by atoms with Gasteiger partial charge in [-0.2, -0.15) is 0 Å². The van der Waals surface area contributed by atoms with Crippen LogP contribution in [0.5, 0.6) is 5.75 Å². The summed E-state index contributed by atoms with van der Waals surface area (Å²) in [6, 6.07) is 5.83. The molecule has 0 amide bonds. The molecule has 4 nitrogen and oxygen atoms in total. The number of rotatable bonds is 4. The van der Waals surface area contributed by atoms with E-state index in [1.807, 2.05) is 0 Å². The molecule has 1 aromatic carbocycles. The highest BCUT2D eigenvalue weighted by molar-refractivity contribution is 14.0. The van der Waals surface area contributed by atoms with E-state index in [9.17, 15) is 13.2 Å². The average Bonchev–Trinajstić information content (AvgIpc) is 2.48. The first kappa shape index (κ1) is 20.9. The van der Waals surface area contributed by atoms with E-state index in [4.69, 9.17) is 5.73 Å². The van der Waals surface area contributed by atoms with Crippen molar-refractivity contribution < 1.29 is 17.9 Å². The zero-order chi connectivity index (χ0) is 16.9. The van der Waals surface area contributed by atoms with Crippen molar-refractivity contribution >= 4 is 29.9 Å². The Balaban J connectivity index is 0.00000288. The lowest BCUT2D eigenvalue weighted by Crippen LogP contribution is -2.42. The Morgan fingerprint density at radius 1 is 1.25 bits per heavy atom. The molecule has 8 heteroatoms. The van der Waals surface area contributed by atoms with E-state index in [0.717, 1.165) is 37.4 Å². The van der Waals surface area contributed by atoms with Gasteiger partial charge in [-0.25, -0.2) is 0 Å². The van der Waals surface area contributed by atoms with E-state index in [1.165, 1.54) is 12.1 Å². The highest BCUT2D eigenvalue weighted by atomic mass is 127. The zero-order valence-corrected chi connectivity index (χ0v) is 15.9. The van der Waals surface area contributed by atoms with E-state index in [1.54, 1.807) is 12.1 Å². The lowest BCUT2D eigenvalue weighted by molar-refractivity contribution is -0.274. The van der Waals surface area contributed by atoms with Crippen LogP contribution in [0.15, 0.2) is 29.3 Å². The molecule has 0 spiro atoms. The number of hydrogen-bond donors (Lipinski definition) is 1. The van der Waals surface area contributed by atoms with Crippen LogP contribution in [0.25, 0.3) is 0 Å². The molecule has 136 valence electrons. The predicted molar refractivity (Wildman–Crippen MR) is 98.7 cm³/mol. The second kappa shape index (κ2) is 9.33. The molecule has 0 aliphatic carbocycles. The molecule has 1 saturated heterocycles. The molecule has 2 N–H and O–H groups in total. The van der Waals surface area contributed by atoms with Crippen molar-refractivity contribution in [2.24, 2.45) is 16.6 Å². The first-order valence-corrected chi connectivity index (χ1v) is 7.73. The molecule has 0 atom stereocenters. The molecule has 24 heavy (non-hydrogen) atoms. The van der Waals surface area contributed by atoms with Gasteiger partial charge in [0.25, 0.3) is 0 Å². The first-order valence-electron chi connectivity index (χ1n) is 7.73. The van der Waals surface area contributed by atoms with Crippen molar-refractivity contribution in [3.05, 3.63) is 29.8 Å². The fourth-order valence-electron chi connectivity index (χ4n) is 2.50. The van der Waals surface area contributed by atoms with E-state index in [0.29, 0.717) is 18.9 Å². The van der Waals surface area contributed by atoms with Crippen molar-refractivity contribution in [1.29, 1.82) is 0 Å². The molecule has 0 radical (unpaired) electrons.